The van der Waals surface area contributed by atoms with Crippen molar-refractivity contribution in [3.8, 4) is 0 Å². The summed E-state index contributed by atoms with van der Waals surface area (Å²) in [6, 6.07) is 21.1. The second-order valence-corrected chi connectivity index (χ2v) is 5.27. The summed E-state index contributed by atoms with van der Waals surface area (Å²) in [5.41, 5.74) is 2.84. The summed E-state index contributed by atoms with van der Waals surface area (Å²) in [6.45, 7) is 4.58. The zero-order valence-electron chi connectivity index (χ0n) is 11.1. The van der Waals surface area contributed by atoms with Crippen molar-refractivity contribution in [1.29, 1.82) is 0 Å². The molecule has 0 spiro atoms. The smallest absolute Gasteiger partial charge is 0.00690 e. The maximum atomic E-state index is 2.29. The lowest BCUT2D eigenvalue weighted by molar-refractivity contribution is 0.535. The van der Waals surface area contributed by atoms with Gasteiger partial charge in [0.05, 0.1) is 0 Å². The molecule has 0 nitrogen and oxygen atoms in total. The Bertz CT molecular complexity index is 492. The molecule has 2 aromatic rings. The average Bonchev–Trinajstić information content (AvgIpc) is 2.41. The van der Waals surface area contributed by atoms with Gasteiger partial charge in [-0.05, 0) is 23.0 Å². The van der Waals surface area contributed by atoms with Gasteiger partial charge < -0.3 is 0 Å². The van der Waals surface area contributed by atoms with Crippen LogP contribution in [0.3, 0.4) is 0 Å². The monoisotopic (exact) mass is 236 g/mol. The zero-order chi connectivity index (χ0) is 12.8. The fourth-order valence-electron chi connectivity index (χ4n) is 2.06. The minimum atomic E-state index is 0.187. The third kappa shape index (κ3) is 3.33. The van der Waals surface area contributed by atoms with Crippen LogP contribution in [0.5, 0.6) is 0 Å². The van der Waals surface area contributed by atoms with E-state index in [1.54, 1.807) is 0 Å². The van der Waals surface area contributed by atoms with Crippen LogP contribution in [0, 0.1) is 0 Å². The number of hydrogen-bond acceptors (Lipinski definition) is 0. The first-order valence-corrected chi connectivity index (χ1v) is 6.46. The van der Waals surface area contributed by atoms with Crippen molar-refractivity contribution >= 4 is 6.08 Å². The number of benzene rings is 2. The molecule has 0 fully saturated rings. The molecule has 2 rings (SSSR count). The SMILES string of the molecule is CC(C)(C/C=C/c1ccccc1)c1ccccc1. The van der Waals surface area contributed by atoms with E-state index in [4.69, 9.17) is 0 Å². The first-order chi connectivity index (χ1) is 8.68. The Labute approximate surface area is 110 Å². The van der Waals surface area contributed by atoms with Crippen molar-refractivity contribution in [2.24, 2.45) is 0 Å². The van der Waals surface area contributed by atoms with Gasteiger partial charge in [0.2, 0.25) is 0 Å². The standard InChI is InChI=1S/C18H20/c1-18(2,17-13-7-4-8-14-17)15-9-12-16-10-5-3-6-11-16/h3-14H,15H2,1-2H3/b12-9+. The van der Waals surface area contributed by atoms with Gasteiger partial charge >= 0.3 is 0 Å². The van der Waals surface area contributed by atoms with Gasteiger partial charge in [0, 0.05) is 0 Å². The highest BCUT2D eigenvalue weighted by Gasteiger charge is 2.17. The topological polar surface area (TPSA) is 0 Å². The molecule has 0 amide bonds. The van der Waals surface area contributed by atoms with Crippen LogP contribution in [0.25, 0.3) is 6.08 Å². The van der Waals surface area contributed by atoms with E-state index in [2.05, 4.69) is 80.6 Å². The Balaban J connectivity index is 2.04. The molecule has 0 aromatic heterocycles. The van der Waals surface area contributed by atoms with Crippen molar-refractivity contribution in [1.82, 2.24) is 0 Å². The van der Waals surface area contributed by atoms with Gasteiger partial charge in [0.15, 0.2) is 0 Å². The lowest BCUT2D eigenvalue weighted by Crippen LogP contribution is -2.15. The molecule has 0 aliphatic rings. The maximum absolute atomic E-state index is 2.29. The lowest BCUT2D eigenvalue weighted by Gasteiger charge is -2.23. The van der Waals surface area contributed by atoms with E-state index in [0.717, 1.165) is 6.42 Å². The van der Waals surface area contributed by atoms with Crippen molar-refractivity contribution in [3.63, 3.8) is 0 Å². The Morgan fingerprint density at radius 3 is 2.00 bits per heavy atom. The fourth-order valence-corrected chi connectivity index (χ4v) is 2.06. The van der Waals surface area contributed by atoms with Crippen LogP contribution in [0.2, 0.25) is 0 Å². The van der Waals surface area contributed by atoms with Crippen LogP contribution in [0.4, 0.5) is 0 Å². The largest absolute Gasteiger partial charge is 0.0831 e. The van der Waals surface area contributed by atoms with E-state index in [9.17, 15) is 0 Å². The Hall–Kier alpha value is -1.82. The number of allylic oxidation sites excluding steroid dienone is 1. The highest BCUT2D eigenvalue weighted by atomic mass is 14.2. The Kier molecular flexibility index (Phi) is 3.99. The van der Waals surface area contributed by atoms with Gasteiger partial charge in [-0.15, -0.1) is 0 Å². The third-order valence-corrected chi connectivity index (χ3v) is 3.29. The van der Waals surface area contributed by atoms with E-state index >= 15 is 0 Å². The molecule has 0 heteroatoms. The summed E-state index contributed by atoms with van der Waals surface area (Å²) in [5.74, 6) is 0. The van der Waals surface area contributed by atoms with Crippen molar-refractivity contribution in [2.45, 2.75) is 25.7 Å². The van der Waals surface area contributed by atoms with E-state index in [-0.39, 0.29) is 5.41 Å². The molecule has 0 atom stereocenters. The predicted octanol–water partition coefficient (Wildman–Crippen LogP) is 5.07. The summed E-state index contributed by atoms with van der Waals surface area (Å²) in [5, 5.41) is 0. The molecule has 0 bridgehead atoms. The molecule has 0 saturated heterocycles. The first-order valence-electron chi connectivity index (χ1n) is 6.46. The minimum Gasteiger partial charge on any atom is -0.0831 e. The van der Waals surface area contributed by atoms with E-state index in [1.165, 1.54) is 11.1 Å². The highest BCUT2D eigenvalue weighted by molar-refractivity contribution is 5.49. The molecule has 0 saturated carbocycles. The molecular formula is C18H20. The average molecular weight is 236 g/mol. The van der Waals surface area contributed by atoms with Gasteiger partial charge in [-0.1, -0.05) is 86.7 Å². The van der Waals surface area contributed by atoms with Crippen LogP contribution in [0.1, 0.15) is 31.4 Å². The summed E-state index contributed by atoms with van der Waals surface area (Å²) in [6.07, 6.45) is 5.51. The molecule has 0 aliphatic carbocycles. The molecular weight excluding hydrogens is 216 g/mol. The van der Waals surface area contributed by atoms with E-state index in [1.807, 2.05) is 6.07 Å². The van der Waals surface area contributed by atoms with Crippen molar-refractivity contribution in [2.75, 3.05) is 0 Å². The van der Waals surface area contributed by atoms with Crippen molar-refractivity contribution in [3.05, 3.63) is 77.9 Å². The minimum absolute atomic E-state index is 0.187. The van der Waals surface area contributed by atoms with Gasteiger partial charge in [0.25, 0.3) is 0 Å². The van der Waals surface area contributed by atoms with Crippen LogP contribution in [-0.2, 0) is 5.41 Å². The summed E-state index contributed by atoms with van der Waals surface area (Å²) < 4.78 is 0. The first kappa shape index (κ1) is 12.6. The molecule has 0 radical (unpaired) electrons. The fraction of sp³-hybridized carbons (Fsp3) is 0.222. The third-order valence-electron chi connectivity index (χ3n) is 3.29. The van der Waals surface area contributed by atoms with Gasteiger partial charge in [0.1, 0.15) is 0 Å². The van der Waals surface area contributed by atoms with Crippen molar-refractivity contribution < 1.29 is 0 Å². The molecule has 0 heterocycles. The second-order valence-electron chi connectivity index (χ2n) is 5.27. The zero-order valence-corrected chi connectivity index (χ0v) is 11.1. The van der Waals surface area contributed by atoms with Crippen LogP contribution < -0.4 is 0 Å². The van der Waals surface area contributed by atoms with Crippen LogP contribution in [-0.4, -0.2) is 0 Å². The predicted molar refractivity (Wildman–Crippen MR) is 79.6 cm³/mol. The van der Waals surface area contributed by atoms with Gasteiger partial charge in [-0.25, -0.2) is 0 Å². The molecule has 0 N–H and O–H groups in total. The number of rotatable bonds is 4. The highest BCUT2D eigenvalue weighted by Crippen LogP contribution is 2.27. The molecule has 18 heavy (non-hydrogen) atoms. The van der Waals surface area contributed by atoms with E-state index in [0.29, 0.717) is 0 Å². The summed E-state index contributed by atoms with van der Waals surface area (Å²) >= 11 is 0. The molecule has 92 valence electrons. The molecule has 0 aliphatic heterocycles. The second kappa shape index (κ2) is 5.68. The summed E-state index contributed by atoms with van der Waals surface area (Å²) in [4.78, 5) is 0. The van der Waals surface area contributed by atoms with Gasteiger partial charge in [-0.2, -0.15) is 0 Å². The molecule has 2 aromatic carbocycles. The normalized spacial score (nSPS) is 11.9. The Morgan fingerprint density at radius 2 is 1.39 bits per heavy atom. The van der Waals surface area contributed by atoms with Gasteiger partial charge in [-0.3, -0.25) is 0 Å². The quantitative estimate of drug-likeness (QED) is 0.695. The molecule has 0 unspecified atom stereocenters. The summed E-state index contributed by atoms with van der Waals surface area (Å²) in [7, 11) is 0. The Morgan fingerprint density at radius 1 is 0.833 bits per heavy atom. The lowest BCUT2D eigenvalue weighted by atomic mass is 9.81. The van der Waals surface area contributed by atoms with Crippen LogP contribution >= 0.6 is 0 Å². The van der Waals surface area contributed by atoms with E-state index < -0.39 is 0 Å². The maximum Gasteiger partial charge on any atom is -0.00690 e. The number of hydrogen-bond donors (Lipinski definition) is 0. The van der Waals surface area contributed by atoms with Crippen LogP contribution in [0.15, 0.2) is 66.7 Å².